The lowest BCUT2D eigenvalue weighted by atomic mass is 9.78. The van der Waals surface area contributed by atoms with E-state index < -0.39 is 23.1 Å². The van der Waals surface area contributed by atoms with E-state index in [2.05, 4.69) is 10.3 Å². The molecule has 0 saturated heterocycles. The van der Waals surface area contributed by atoms with Gasteiger partial charge in [0.25, 0.3) is 0 Å². The molecule has 0 radical (unpaired) electrons. The molecule has 0 aliphatic carbocycles. The largest absolute Gasteiger partial charge is 0.481 e. The fourth-order valence-corrected chi connectivity index (χ4v) is 2.42. The highest BCUT2D eigenvalue weighted by Gasteiger charge is 2.38. The van der Waals surface area contributed by atoms with Crippen molar-refractivity contribution >= 4 is 12.1 Å². The van der Waals surface area contributed by atoms with Crippen LogP contribution in [0.4, 0.5) is 4.79 Å². The van der Waals surface area contributed by atoms with Crippen molar-refractivity contribution < 1.29 is 19.4 Å². The van der Waals surface area contributed by atoms with Crippen LogP contribution in [0, 0.1) is 5.41 Å². The van der Waals surface area contributed by atoms with E-state index in [-0.39, 0.29) is 6.54 Å². The maximum Gasteiger partial charge on any atom is 0.407 e. The van der Waals surface area contributed by atoms with Crippen LogP contribution in [0.25, 0.3) is 0 Å². The SMILES string of the molecule is CCCC(CNC(=O)OC(C)(C)C)(Cc1ccncc1)C(=O)O. The van der Waals surface area contributed by atoms with Gasteiger partial charge in [0.15, 0.2) is 0 Å². The highest BCUT2D eigenvalue weighted by molar-refractivity contribution is 5.77. The lowest BCUT2D eigenvalue weighted by molar-refractivity contribution is -0.149. The topological polar surface area (TPSA) is 88.5 Å². The molecule has 1 aromatic heterocycles. The minimum atomic E-state index is -1.06. The molecule has 1 rings (SSSR count). The molecule has 0 aromatic carbocycles. The summed E-state index contributed by atoms with van der Waals surface area (Å²) in [6.07, 6.45) is 4.15. The van der Waals surface area contributed by atoms with E-state index in [0.717, 1.165) is 5.56 Å². The zero-order valence-corrected chi connectivity index (χ0v) is 14.3. The first kappa shape index (κ1) is 18.9. The molecule has 0 aliphatic rings. The smallest absolute Gasteiger partial charge is 0.407 e. The van der Waals surface area contributed by atoms with Gasteiger partial charge in [-0.1, -0.05) is 13.3 Å². The third-order valence-corrected chi connectivity index (χ3v) is 3.44. The van der Waals surface area contributed by atoms with Gasteiger partial charge in [-0.15, -0.1) is 0 Å². The van der Waals surface area contributed by atoms with Crippen LogP contribution in [0.2, 0.25) is 0 Å². The summed E-state index contributed by atoms with van der Waals surface area (Å²) in [6.45, 7) is 7.24. The Balaban J connectivity index is 2.87. The first-order valence-electron chi connectivity index (χ1n) is 7.78. The summed E-state index contributed by atoms with van der Waals surface area (Å²) < 4.78 is 5.19. The molecule has 0 aliphatic heterocycles. The summed E-state index contributed by atoms with van der Waals surface area (Å²) in [5, 5.41) is 12.4. The Hall–Kier alpha value is -2.11. The highest BCUT2D eigenvalue weighted by Crippen LogP contribution is 2.29. The van der Waals surface area contributed by atoms with Gasteiger partial charge in [-0.25, -0.2) is 4.79 Å². The number of pyridine rings is 1. The number of carboxylic acid groups (broad SMARTS) is 1. The number of carboxylic acids is 1. The van der Waals surface area contributed by atoms with Crippen molar-refractivity contribution in [3.8, 4) is 0 Å². The number of nitrogens with one attached hydrogen (secondary N) is 1. The molecule has 6 nitrogen and oxygen atoms in total. The Morgan fingerprint density at radius 1 is 1.26 bits per heavy atom. The van der Waals surface area contributed by atoms with Crippen LogP contribution in [0.15, 0.2) is 24.5 Å². The first-order valence-corrected chi connectivity index (χ1v) is 7.78. The van der Waals surface area contributed by atoms with E-state index in [1.54, 1.807) is 45.3 Å². The second-order valence-electron chi connectivity index (χ2n) is 6.72. The number of carbonyl (C=O) groups excluding carboxylic acids is 1. The van der Waals surface area contributed by atoms with Gasteiger partial charge in [0.2, 0.25) is 0 Å². The van der Waals surface area contributed by atoms with Gasteiger partial charge in [0.1, 0.15) is 5.60 Å². The second kappa shape index (κ2) is 7.94. The molecule has 0 bridgehead atoms. The van der Waals surface area contributed by atoms with Gasteiger partial charge in [0.05, 0.1) is 5.41 Å². The predicted molar refractivity (Wildman–Crippen MR) is 87.2 cm³/mol. The summed E-state index contributed by atoms with van der Waals surface area (Å²) in [4.78, 5) is 27.7. The molecule has 128 valence electrons. The zero-order chi connectivity index (χ0) is 17.5. The average Bonchev–Trinajstić information content (AvgIpc) is 2.44. The van der Waals surface area contributed by atoms with Gasteiger partial charge >= 0.3 is 12.1 Å². The Morgan fingerprint density at radius 2 is 1.87 bits per heavy atom. The van der Waals surface area contributed by atoms with Crippen LogP contribution in [0.3, 0.4) is 0 Å². The number of carbonyl (C=O) groups is 2. The summed E-state index contributed by atoms with van der Waals surface area (Å²) in [6, 6.07) is 3.58. The minimum absolute atomic E-state index is 0.0212. The van der Waals surface area contributed by atoms with Crippen molar-refractivity contribution in [1.82, 2.24) is 10.3 Å². The van der Waals surface area contributed by atoms with Crippen molar-refractivity contribution in [2.45, 2.75) is 52.6 Å². The Bertz CT molecular complexity index is 525. The van der Waals surface area contributed by atoms with E-state index in [1.165, 1.54) is 0 Å². The number of aromatic nitrogens is 1. The fourth-order valence-electron chi connectivity index (χ4n) is 2.42. The van der Waals surface area contributed by atoms with Crippen molar-refractivity contribution in [3.63, 3.8) is 0 Å². The molecule has 1 heterocycles. The van der Waals surface area contributed by atoms with Crippen LogP contribution in [0.5, 0.6) is 0 Å². The first-order chi connectivity index (χ1) is 10.7. The predicted octanol–water partition coefficient (Wildman–Crippen LogP) is 3.02. The summed E-state index contributed by atoms with van der Waals surface area (Å²) in [5.41, 5.74) is -0.805. The molecule has 6 heteroatoms. The maximum absolute atomic E-state index is 11.9. The Kier molecular flexibility index (Phi) is 6.54. The van der Waals surface area contributed by atoms with Gasteiger partial charge in [-0.2, -0.15) is 0 Å². The van der Waals surface area contributed by atoms with Crippen molar-refractivity contribution in [2.75, 3.05) is 6.54 Å². The molecule has 1 amide bonds. The highest BCUT2D eigenvalue weighted by atomic mass is 16.6. The van der Waals surface area contributed by atoms with E-state index in [1.807, 2.05) is 6.92 Å². The maximum atomic E-state index is 11.9. The molecule has 23 heavy (non-hydrogen) atoms. The van der Waals surface area contributed by atoms with Crippen molar-refractivity contribution in [2.24, 2.45) is 5.41 Å². The van der Waals surface area contributed by atoms with Gasteiger partial charge < -0.3 is 15.2 Å². The van der Waals surface area contributed by atoms with E-state index in [0.29, 0.717) is 19.3 Å². The number of nitrogens with zero attached hydrogens (tertiary/aromatic N) is 1. The van der Waals surface area contributed by atoms with Crippen LogP contribution in [-0.4, -0.2) is 34.3 Å². The minimum Gasteiger partial charge on any atom is -0.481 e. The summed E-state index contributed by atoms with van der Waals surface area (Å²) in [7, 11) is 0. The standard InChI is InChI=1S/C17H26N2O4/c1-5-8-17(14(20)21,11-13-6-9-18-10-7-13)12-19-15(22)23-16(2,3)4/h6-7,9-10H,5,8,11-12H2,1-4H3,(H,19,22)(H,20,21). The number of rotatable bonds is 7. The summed E-state index contributed by atoms with van der Waals surface area (Å²) >= 11 is 0. The number of hydrogen-bond donors (Lipinski definition) is 2. The number of aliphatic carboxylic acids is 1. The molecule has 0 saturated carbocycles. The van der Waals surface area contributed by atoms with E-state index >= 15 is 0 Å². The number of amides is 1. The van der Waals surface area contributed by atoms with E-state index in [9.17, 15) is 14.7 Å². The molecular formula is C17H26N2O4. The van der Waals surface area contributed by atoms with Crippen LogP contribution >= 0.6 is 0 Å². The molecule has 1 unspecified atom stereocenters. The van der Waals surface area contributed by atoms with Crippen LogP contribution in [0.1, 0.15) is 46.1 Å². The normalized spacial score (nSPS) is 13.9. The number of ether oxygens (including phenoxy) is 1. The lowest BCUT2D eigenvalue weighted by Crippen LogP contribution is -2.46. The average molecular weight is 322 g/mol. The molecule has 0 spiro atoms. The molecule has 0 fully saturated rings. The molecule has 1 aromatic rings. The number of alkyl carbamates (subject to hydrolysis) is 1. The van der Waals surface area contributed by atoms with Crippen LogP contribution in [-0.2, 0) is 16.0 Å². The zero-order valence-electron chi connectivity index (χ0n) is 14.3. The summed E-state index contributed by atoms with van der Waals surface area (Å²) in [5.74, 6) is -0.924. The third kappa shape index (κ3) is 6.26. The molecular weight excluding hydrogens is 296 g/mol. The van der Waals surface area contributed by atoms with Crippen molar-refractivity contribution in [3.05, 3.63) is 30.1 Å². The van der Waals surface area contributed by atoms with Gasteiger partial charge in [-0.05, 0) is 51.3 Å². The third-order valence-electron chi connectivity index (χ3n) is 3.44. The number of hydrogen-bond acceptors (Lipinski definition) is 4. The molecule has 2 N–H and O–H groups in total. The van der Waals surface area contributed by atoms with Gasteiger partial charge in [-0.3, -0.25) is 9.78 Å². The fraction of sp³-hybridized carbons (Fsp3) is 0.588. The van der Waals surface area contributed by atoms with Crippen LogP contribution < -0.4 is 5.32 Å². The second-order valence-corrected chi connectivity index (χ2v) is 6.72. The lowest BCUT2D eigenvalue weighted by Gasteiger charge is -2.30. The quantitative estimate of drug-likeness (QED) is 0.805. The monoisotopic (exact) mass is 322 g/mol. The van der Waals surface area contributed by atoms with Gasteiger partial charge in [0, 0.05) is 18.9 Å². The van der Waals surface area contributed by atoms with Crippen molar-refractivity contribution in [1.29, 1.82) is 0 Å². The Labute approximate surface area is 137 Å². The van der Waals surface area contributed by atoms with E-state index in [4.69, 9.17) is 4.74 Å². The molecule has 1 atom stereocenters. The Morgan fingerprint density at radius 3 is 2.35 bits per heavy atom.